The standard InChI is InChI=1S/C10H11NO3/c1-3-7-5-6-11-9(12)8(7)10(13)14-4-2/h3,5-6H,1,4H2,2H3,(H,11,12). The van der Waals surface area contributed by atoms with Crippen molar-refractivity contribution >= 4 is 12.0 Å². The topological polar surface area (TPSA) is 59.2 Å². The minimum absolute atomic E-state index is 0.00403. The van der Waals surface area contributed by atoms with Gasteiger partial charge in [0.1, 0.15) is 5.56 Å². The van der Waals surface area contributed by atoms with Gasteiger partial charge in [0, 0.05) is 6.20 Å². The first-order valence-corrected chi connectivity index (χ1v) is 4.22. The van der Waals surface area contributed by atoms with Crippen molar-refractivity contribution in [3.63, 3.8) is 0 Å². The summed E-state index contributed by atoms with van der Waals surface area (Å²) in [4.78, 5) is 25.1. The van der Waals surface area contributed by atoms with Gasteiger partial charge in [-0.15, -0.1) is 0 Å². The van der Waals surface area contributed by atoms with Crippen LogP contribution in [0.5, 0.6) is 0 Å². The molecule has 74 valence electrons. The van der Waals surface area contributed by atoms with Gasteiger partial charge in [-0.2, -0.15) is 0 Å². The Balaban J connectivity index is 3.23. The maximum Gasteiger partial charge on any atom is 0.344 e. The minimum Gasteiger partial charge on any atom is -0.462 e. The number of hydrogen-bond acceptors (Lipinski definition) is 3. The molecule has 1 aromatic rings. The Morgan fingerprint density at radius 3 is 3.00 bits per heavy atom. The summed E-state index contributed by atoms with van der Waals surface area (Å²) < 4.78 is 4.74. The second-order valence-electron chi connectivity index (χ2n) is 2.56. The van der Waals surface area contributed by atoms with Gasteiger partial charge in [0.05, 0.1) is 6.61 Å². The van der Waals surface area contributed by atoms with E-state index >= 15 is 0 Å². The van der Waals surface area contributed by atoms with Crippen molar-refractivity contribution in [2.24, 2.45) is 0 Å². The number of carbonyl (C=O) groups excluding carboxylic acids is 1. The first-order chi connectivity index (χ1) is 6.70. The Bertz CT molecular complexity index is 406. The van der Waals surface area contributed by atoms with E-state index in [9.17, 15) is 9.59 Å². The fourth-order valence-electron chi connectivity index (χ4n) is 1.08. The molecular weight excluding hydrogens is 182 g/mol. The molecule has 0 aliphatic carbocycles. The molecule has 1 aromatic heterocycles. The normalized spacial score (nSPS) is 9.50. The second-order valence-corrected chi connectivity index (χ2v) is 2.56. The van der Waals surface area contributed by atoms with E-state index in [1.807, 2.05) is 0 Å². The number of carbonyl (C=O) groups is 1. The van der Waals surface area contributed by atoms with E-state index in [-0.39, 0.29) is 12.2 Å². The maximum absolute atomic E-state index is 11.4. The van der Waals surface area contributed by atoms with E-state index in [1.165, 1.54) is 12.3 Å². The van der Waals surface area contributed by atoms with Crippen molar-refractivity contribution in [1.82, 2.24) is 4.98 Å². The van der Waals surface area contributed by atoms with Crippen LogP contribution < -0.4 is 5.56 Å². The van der Waals surface area contributed by atoms with Gasteiger partial charge < -0.3 is 9.72 Å². The zero-order valence-corrected chi connectivity index (χ0v) is 7.87. The predicted octanol–water partition coefficient (Wildman–Crippen LogP) is 1.19. The lowest BCUT2D eigenvalue weighted by molar-refractivity contribution is 0.0524. The summed E-state index contributed by atoms with van der Waals surface area (Å²) in [6, 6.07) is 1.60. The van der Waals surface area contributed by atoms with Crippen LogP contribution in [0.25, 0.3) is 6.08 Å². The summed E-state index contributed by atoms with van der Waals surface area (Å²) in [6.45, 7) is 5.44. The molecule has 4 heteroatoms. The average Bonchev–Trinajstić information content (AvgIpc) is 2.17. The van der Waals surface area contributed by atoms with Crippen LogP contribution in [0.15, 0.2) is 23.6 Å². The molecule has 0 bridgehead atoms. The first-order valence-electron chi connectivity index (χ1n) is 4.22. The Kier molecular flexibility index (Phi) is 3.23. The van der Waals surface area contributed by atoms with Crippen molar-refractivity contribution in [2.45, 2.75) is 6.92 Å². The van der Waals surface area contributed by atoms with E-state index < -0.39 is 11.5 Å². The smallest absolute Gasteiger partial charge is 0.344 e. The lowest BCUT2D eigenvalue weighted by Gasteiger charge is -2.03. The van der Waals surface area contributed by atoms with Gasteiger partial charge in [-0.1, -0.05) is 12.7 Å². The highest BCUT2D eigenvalue weighted by Crippen LogP contribution is 2.05. The predicted molar refractivity (Wildman–Crippen MR) is 53.1 cm³/mol. The van der Waals surface area contributed by atoms with E-state index in [4.69, 9.17) is 4.74 Å². The molecule has 0 amide bonds. The van der Waals surface area contributed by atoms with Crippen LogP contribution in [0.2, 0.25) is 0 Å². The molecule has 0 atom stereocenters. The zero-order valence-electron chi connectivity index (χ0n) is 7.87. The molecule has 0 spiro atoms. The van der Waals surface area contributed by atoms with Gasteiger partial charge in [-0.05, 0) is 18.6 Å². The molecule has 0 unspecified atom stereocenters. The number of rotatable bonds is 3. The number of aromatic nitrogens is 1. The largest absolute Gasteiger partial charge is 0.462 e. The average molecular weight is 193 g/mol. The molecule has 0 aliphatic rings. The van der Waals surface area contributed by atoms with Crippen LogP contribution >= 0.6 is 0 Å². The highest BCUT2D eigenvalue weighted by molar-refractivity contribution is 5.92. The van der Waals surface area contributed by atoms with Gasteiger partial charge in [-0.25, -0.2) is 4.79 Å². The number of nitrogens with one attached hydrogen (secondary N) is 1. The summed E-state index contributed by atoms with van der Waals surface area (Å²) in [5.41, 5.74) is 0.0254. The Morgan fingerprint density at radius 1 is 1.71 bits per heavy atom. The fraction of sp³-hybridized carbons (Fsp3) is 0.200. The SMILES string of the molecule is C=Cc1cc[nH]c(=O)c1C(=O)OCC. The summed E-state index contributed by atoms with van der Waals surface area (Å²) in [5, 5.41) is 0. The third-order valence-corrected chi connectivity index (χ3v) is 1.69. The quantitative estimate of drug-likeness (QED) is 0.733. The van der Waals surface area contributed by atoms with Crippen LogP contribution in [0.1, 0.15) is 22.8 Å². The lowest BCUT2D eigenvalue weighted by atomic mass is 10.1. The van der Waals surface area contributed by atoms with Crippen molar-refractivity contribution in [3.05, 3.63) is 40.3 Å². The summed E-state index contributed by atoms with van der Waals surface area (Å²) in [6.07, 6.45) is 2.91. The first kappa shape index (κ1) is 10.2. The third-order valence-electron chi connectivity index (χ3n) is 1.69. The van der Waals surface area contributed by atoms with Gasteiger partial charge in [-0.3, -0.25) is 4.79 Å². The number of esters is 1. The van der Waals surface area contributed by atoms with Gasteiger partial charge in [0.15, 0.2) is 0 Å². The van der Waals surface area contributed by atoms with Crippen LogP contribution in [0.4, 0.5) is 0 Å². The van der Waals surface area contributed by atoms with Crippen molar-refractivity contribution < 1.29 is 9.53 Å². The number of H-pyrrole nitrogens is 1. The molecule has 0 saturated heterocycles. The monoisotopic (exact) mass is 193 g/mol. The van der Waals surface area contributed by atoms with Crippen LogP contribution in [0, 0.1) is 0 Å². The van der Waals surface area contributed by atoms with Crippen molar-refractivity contribution in [2.75, 3.05) is 6.61 Å². The van der Waals surface area contributed by atoms with Crippen LogP contribution in [-0.2, 0) is 4.74 Å². The fourth-order valence-corrected chi connectivity index (χ4v) is 1.08. The number of pyridine rings is 1. The van der Waals surface area contributed by atoms with E-state index in [0.29, 0.717) is 5.56 Å². The van der Waals surface area contributed by atoms with Gasteiger partial charge in [0.2, 0.25) is 0 Å². The van der Waals surface area contributed by atoms with Crippen molar-refractivity contribution in [1.29, 1.82) is 0 Å². The third kappa shape index (κ3) is 1.90. The summed E-state index contributed by atoms with van der Waals surface area (Å²) in [5.74, 6) is -0.621. The van der Waals surface area contributed by atoms with E-state index in [0.717, 1.165) is 0 Å². The molecule has 0 aromatic carbocycles. The molecule has 1 N–H and O–H groups in total. The molecule has 4 nitrogen and oxygen atoms in total. The Morgan fingerprint density at radius 2 is 2.43 bits per heavy atom. The lowest BCUT2D eigenvalue weighted by Crippen LogP contribution is -2.20. The Labute approximate surface area is 81.2 Å². The molecule has 1 rings (SSSR count). The molecule has 0 saturated carbocycles. The molecule has 1 heterocycles. The molecule has 0 radical (unpaired) electrons. The maximum atomic E-state index is 11.4. The second kappa shape index (κ2) is 4.41. The number of hydrogen-bond donors (Lipinski definition) is 1. The van der Waals surface area contributed by atoms with Gasteiger partial charge >= 0.3 is 5.97 Å². The highest BCUT2D eigenvalue weighted by atomic mass is 16.5. The van der Waals surface area contributed by atoms with E-state index in [1.54, 1.807) is 13.0 Å². The summed E-state index contributed by atoms with van der Waals surface area (Å²) in [7, 11) is 0. The minimum atomic E-state index is -0.621. The molecule has 0 aliphatic heterocycles. The molecular formula is C10H11NO3. The Hall–Kier alpha value is -1.84. The number of ether oxygens (including phenoxy) is 1. The van der Waals surface area contributed by atoms with Crippen LogP contribution in [0.3, 0.4) is 0 Å². The zero-order chi connectivity index (χ0) is 10.6. The van der Waals surface area contributed by atoms with Gasteiger partial charge in [0.25, 0.3) is 5.56 Å². The van der Waals surface area contributed by atoms with Crippen molar-refractivity contribution in [3.8, 4) is 0 Å². The molecule has 14 heavy (non-hydrogen) atoms. The van der Waals surface area contributed by atoms with Crippen LogP contribution in [-0.4, -0.2) is 17.6 Å². The highest BCUT2D eigenvalue weighted by Gasteiger charge is 2.14. The number of aromatic amines is 1. The summed E-state index contributed by atoms with van der Waals surface area (Å²) >= 11 is 0. The molecule has 0 fully saturated rings. The van der Waals surface area contributed by atoms with E-state index in [2.05, 4.69) is 11.6 Å².